The van der Waals surface area contributed by atoms with Crippen LogP contribution in [0.1, 0.15) is 16.1 Å². The monoisotopic (exact) mass is 263 g/mol. The van der Waals surface area contributed by atoms with Crippen molar-refractivity contribution in [3.05, 3.63) is 29.5 Å². The number of carboxylic acid groups (broad SMARTS) is 1. The molecule has 1 aromatic carbocycles. The van der Waals surface area contributed by atoms with Crippen LogP contribution in [0, 0.1) is 6.92 Å². The van der Waals surface area contributed by atoms with E-state index in [-0.39, 0.29) is 5.76 Å². The summed E-state index contributed by atoms with van der Waals surface area (Å²) >= 11 is 0. The number of aromatic nitrogens is 1. The van der Waals surface area contributed by atoms with Gasteiger partial charge in [-0.1, -0.05) is 5.16 Å². The standard InChI is InChI=1S/C13H13NO5/c1-7-4-8(17-2)5-10(18-3)12(7)9-6-11(13(15)16)19-14-9/h4-6H,1-3H3,(H,15,16). The predicted molar refractivity (Wildman–Crippen MR) is 66.7 cm³/mol. The van der Waals surface area contributed by atoms with E-state index in [2.05, 4.69) is 5.16 Å². The van der Waals surface area contributed by atoms with Gasteiger partial charge in [-0.3, -0.25) is 0 Å². The minimum Gasteiger partial charge on any atom is -0.497 e. The highest BCUT2D eigenvalue weighted by Crippen LogP contribution is 2.36. The van der Waals surface area contributed by atoms with Crippen LogP contribution in [-0.2, 0) is 0 Å². The lowest BCUT2D eigenvalue weighted by Gasteiger charge is -2.11. The second-order valence-electron chi connectivity index (χ2n) is 3.90. The van der Waals surface area contributed by atoms with Crippen LogP contribution in [0.15, 0.2) is 22.7 Å². The first kappa shape index (κ1) is 12.9. The zero-order chi connectivity index (χ0) is 14.0. The van der Waals surface area contributed by atoms with Crippen LogP contribution in [-0.4, -0.2) is 30.5 Å². The lowest BCUT2D eigenvalue weighted by atomic mass is 10.0. The van der Waals surface area contributed by atoms with Gasteiger partial charge in [0, 0.05) is 17.7 Å². The van der Waals surface area contributed by atoms with Gasteiger partial charge in [0.25, 0.3) is 0 Å². The van der Waals surface area contributed by atoms with Gasteiger partial charge in [-0.2, -0.15) is 0 Å². The van der Waals surface area contributed by atoms with E-state index in [9.17, 15) is 4.79 Å². The molecule has 0 amide bonds. The minimum atomic E-state index is -1.16. The van der Waals surface area contributed by atoms with Crippen molar-refractivity contribution in [2.45, 2.75) is 6.92 Å². The van der Waals surface area contributed by atoms with Crippen molar-refractivity contribution in [1.29, 1.82) is 0 Å². The molecule has 0 aliphatic rings. The van der Waals surface area contributed by atoms with E-state index in [4.69, 9.17) is 19.1 Å². The van der Waals surface area contributed by atoms with E-state index in [1.807, 2.05) is 13.0 Å². The van der Waals surface area contributed by atoms with Gasteiger partial charge in [-0.15, -0.1) is 0 Å². The zero-order valence-corrected chi connectivity index (χ0v) is 10.8. The molecule has 6 nitrogen and oxygen atoms in total. The third kappa shape index (κ3) is 2.37. The van der Waals surface area contributed by atoms with E-state index >= 15 is 0 Å². The van der Waals surface area contributed by atoms with Crippen molar-refractivity contribution < 1.29 is 23.9 Å². The molecule has 0 fully saturated rings. The summed E-state index contributed by atoms with van der Waals surface area (Å²) in [6, 6.07) is 4.88. The maximum atomic E-state index is 10.8. The summed E-state index contributed by atoms with van der Waals surface area (Å²) < 4.78 is 15.2. The van der Waals surface area contributed by atoms with Gasteiger partial charge in [-0.05, 0) is 18.6 Å². The average molecular weight is 263 g/mol. The van der Waals surface area contributed by atoms with Crippen LogP contribution >= 0.6 is 0 Å². The number of rotatable bonds is 4. The van der Waals surface area contributed by atoms with Crippen molar-refractivity contribution in [2.75, 3.05) is 14.2 Å². The van der Waals surface area contributed by atoms with Gasteiger partial charge in [0.2, 0.25) is 5.76 Å². The lowest BCUT2D eigenvalue weighted by molar-refractivity contribution is 0.0652. The fraction of sp³-hybridized carbons (Fsp3) is 0.231. The number of methoxy groups -OCH3 is 2. The smallest absolute Gasteiger partial charge is 0.374 e. The molecule has 0 bridgehead atoms. The van der Waals surface area contributed by atoms with Crippen molar-refractivity contribution in [2.24, 2.45) is 0 Å². The maximum Gasteiger partial charge on any atom is 0.374 e. The molecule has 0 aliphatic heterocycles. The highest BCUT2D eigenvalue weighted by atomic mass is 16.5. The van der Waals surface area contributed by atoms with Crippen LogP contribution < -0.4 is 9.47 Å². The summed E-state index contributed by atoms with van der Waals surface area (Å²) in [5.41, 5.74) is 1.94. The van der Waals surface area contributed by atoms with Gasteiger partial charge in [0.05, 0.1) is 14.2 Å². The quantitative estimate of drug-likeness (QED) is 0.911. The second kappa shape index (κ2) is 5.01. The van der Waals surface area contributed by atoms with Crippen molar-refractivity contribution in [1.82, 2.24) is 5.16 Å². The number of carbonyl (C=O) groups is 1. The Balaban J connectivity index is 2.56. The fourth-order valence-corrected chi connectivity index (χ4v) is 1.82. The summed E-state index contributed by atoms with van der Waals surface area (Å²) in [7, 11) is 3.09. The molecule has 0 radical (unpaired) electrons. The molecule has 2 rings (SSSR count). The molecule has 19 heavy (non-hydrogen) atoms. The molecule has 0 saturated heterocycles. The molecule has 2 aromatic rings. The second-order valence-corrected chi connectivity index (χ2v) is 3.90. The van der Waals surface area contributed by atoms with Crippen LogP contribution in [0.4, 0.5) is 0 Å². The van der Waals surface area contributed by atoms with E-state index in [0.29, 0.717) is 22.8 Å². The molecule has 0 atom stereocenters. The summed E-state index contributed by atoms with van der Waals surface area (Å²) in [6.07, 6.45) is 0. The Kier molecular flexibility index (Phi) is 3.41. The van der Waals surface area contributed by atoms with Gasteiger partial charge in [0.15, 0.2) is 0 Å². The highest BCUT2D eigenvalue weighted by Gasteiger charge is 2.18. The lowest BCUT2D eigenvalue weighted by Crippen LogP contribution is -1.94. The topological polar surface area (TPSA) is 81.8 Å². The van der Waals surface area contributed by atoms with Crippen LogP contribution in [0.25, 0.3) is 11.3 Å². The summed E-state index contributed by atoms with van der Waals surface area (Å²) in [5, 5.41) is 12.6. The van der Waals surface area contributed by atoms with E-state index < -0.39 is 5.97 Å². The number of hydrogen-bond acceptors (Lipinski definition) is 5. The fourth-order valence-electron chi connectivity index (χ4n) is 1.82. The predicted octanol–water partition coefficient (Wildman–Crippen LogP) is 2.37. The molecule has 6 heteroatoms. The van der Waals surface area contributed by atoms with Gasteiger partial charge in [0.1, 0.15) is 17.2 Å². The Morgan fingerprint density at radius 1 is 1.26 bits per heavy atom. The number of aryl methyl sites for hydroxylation is 1. The molecule has 1 N–H and O–H groups in total. The molecule has 0 unspecified atom stereocenters. The normalized spacial score (nSPS) is 10.3. The summed E-state index contributed by atoms with van der Waals surface area (Å²) in [5.74, 6) is -0.182. The first-order valence-corrected chi connectivity index (χ1v) is 5.49. The van der Waals surface area contributed by atoms with Crippen molar-refractivity contribution >= 4 is 5.97 Å². The molecule has 1 aromatic heterocycles. The van der Waals surface area contributed by atoms with Crippen LogP contribution in [0.3, 0.4) is 0 Å². The van der Waals surface area contributed by atoms with Crippen LogP contribution in [0.5, 0.6) is 11.5 Å². The van der Waals surface area contributed by atoms with Gasteiger partial charge >= 0.3 is 5.97 Å². The Morgan fingerprint density at radius 3 is 2.53 bits per heavy atom. The van der Waals surface area contributed by atoms with Crippen LogP contribution in [0.2, 0.25) is 0 Å². The number of benzene rings is 1. The number of aromatic carboxylic acids is 1. The third-order valence-corrected chi connectivity index (χ3v) is 2.71. The van der Waals surface area contributed by atoms with E-state index in [0.717, 1.165) is 5.56 Å². The SMILES string of the molecule is COc1cc(C)c(-c2cc(C(=O)O)on2)c(OC)c1. The van der Waals surface area contributed by atoms with Gasteiger partial charge < -0.3 is 19.1 Å². The molecular formula is C13H13NO5. The maximum absolute atomic E-state index is 10.8. The molecule has 1 heterocycles. The largest absolute Gasteiger partial charge is 0.497 e. The van der Waals surface area contributed by atoms with Gasteiger partial charge in [-0.25, -0.2) is 4.79 Å². The zero-order valence-electron chi connectivity index (χ0n) is 10.8. The third-order valence-electron chi connectivity index (χ3n) is 2.71. The number of nitrogens with zero attached hydrogens (tertiary/aromatic N) is 1. The van der Waals surface area contributed by atoms with Crippen molar-refractivity contribution in [3.63, 3.8) is 0 Å². The molecule has 0 spiro atoms. The number of ether oxygens (including phenoxy) is 2. The van der Waals surface area contributed by atoms with E-state index in [1.54, 1.807) is 13.2 Å². The van der Waals surface area contributed by atoms with E-state index in [1.165, 1.54) is 13.2 Å². The Labute approximate surface area is 109 Å². The molecule has 0 aliphatic carbocycles. The molecule has 0 saturated carbocycles. The number of carboxylic acids is 1. The minimum absolute atomic E-state index is 0.215. The summed E-state index contributed by atoms with van der Waals surface area (Å²) in [4.78, 5) is 10.8. The number of hydrogen-bond donors (Lipinski definition) is 1. The first-order chi connectivity index (χ1) is 9.06. The Morgan fingerprint density at radius 2 is 2.00 bits per heavy atom. The highest BCUT2D eigenvalue weighted by molar-refractivity contribution is 5.86. The first-order valence-electron chi connectivity index (χ1n) is 5.49. The Bertz CT molecular complexity index is 617. The molecule has 100 valence electrons. The van der Waals surface area contributed by atoms with Crippen molar-refractivity contribution in [3.8, 4) is 22.8 Å². The summed E-state index contributed by atoms with van der Waals surface area (Å²) in [6.45, 7) is 1.86. The molecular weight excluding hydrogens is 250 g/mol. The average Bonchev–Trinajstić information content (AvgIpc) is 2.86. The Hall–Kier alpha value is -2.50.